The fourth-order valence-electron chi connectivity index (χ4n) is 4.10. The maximum Gasteiger partial charge on any atom is 0.273 e. The van der Waals surface area contributed by atoms with Gasteiger partial charge in [0.25, 0.3) is 5.19 Å². The lowest BCUT2D eigenvalue weighted by Crippen LogP contribution is -2.49. The molecule has 2 saturated heterocycles. The molecule has 0 spiro atoms. The van der Waals surface area contributed by atoms with E-state index < -0.39 is 0 Å². The smallest absolute Gasteiger partial charge is 0.273 e. The maximum absolute atomic E-state index is 12.5. The molecule has 29 heavy (non-hydrogen) atoms. The fraction of sp³-hybridized carbons (Fsp3) is 0.455. The van der Waals surface area contributed by atoms with E-state index in [9.17, 15) is 4.79 Å². The molecule has 0 bridgehead atoms. The standard InChI is InChI=1S/C22H26ClN3O2S/c23-20-4-2-1-3-17(20)5-6-21(27)26-12-7-18(8-13-26)25-14-9-19(10-15-25)28-22-24-11-16-29-22/h1-6,11,16,18-19H,7-10,12-15H2. The van der Waals surface area contributed by atoms with E-state index in [0.717, 1.165) is 62.6 Å². The zero-order valence-corrected chi connectivity index (χ0v) is 17.9. The highest BCUT2D eigenvalue weighted by Gasteiger charge is 2.29. The highest BCUT2D eigenvalue weighted by atomic mass is 35.5. The molecular formula is C22H26ClN3O2S. The summed E-state index contributed by atoms with van der Waals surface area (Å²) in [6.45, 7) is 3.74. The topological polar surface area (TPSA) is 45.7 Å². The molecule has 1 aromatic heterocycles. The Balaban J connectivity index is 1.21. The van der Waals surface area contributed by atoms with Gasteiger partial charge in [-0.25, -0.2) is 4.98 Å². The molecule has 3 heterocycles. The molecule has 0 atom stereocenters. The number of likely N-dealkylation sites (tertiary alicyclic amines) is 2. The summed E-state index contributed by atoms with van der Waals surface area (Å²) in [5.41, 5.74) is 0.875. The number of ether oxygens (including phenoxy) is 1. The molecule has 0 unspecified atom stereocenters. The first-order valence-corrected chi connectivity index (χ1v) is 11.5. The summed E-state index contributed by atoms with van der Waals surface area (Å²) in [4.78, 5) is 21.3. The van der Waals surface area contributed by atoms with Crippen molar-refractivity contribution >= 4 is 34.9 Å². The van der Waals surface area contributed by atoms with Crippen molar-refractivity contribution in [3.63, 3.8) is 0 Å². The second-order valence-corrected chi connectivity index (χ2v) is 8.83. The van der Waals surface area contributed by atoms with E-state index in [2.05, 4.69) is 9.88 Å². The average molecular weight is 432 g/mol. The number of piperidine rings is 2. The Morgan fingerprint density at radius 3 is 2.59 bits per heavy atom. The minimum atomic E-state index is 0.0684. The van der Waals surface area contributed by atoms with Crippen LogP contribution in [0, 0.1) is 0 Å². The number of benzene rings is 1. The second-order valence-electron chi connectivity index (χ2n) is 7.56. The Bertz CT molecular complexity index is 826. The highest BCUT2D eigenvalue weighted by Crippen LogP contribution is 2.25. The fourth-order valence-corrected chi connectivity index (χ4v) is 4.85. The van der Waals surface area contributed by atoms with Crippen LogP contribution in [0.4, 0.5) is 0 Å². The summed E-state index contributed by atoms with van der Waals surface area (Å²) in [5, 5.41) is 3.39. The summed E-state index contributed by atoms with van der Waals surface area (Å²) in [6, 6.07) is 8.13. The minimum absolute atomic E-state index is 0.0684. The normalized spacial score (nSPS) is 19.7. The molecule has 2 aliphatic heterocycles. The lowest BCUT2D eigenvalue weighted by Gasteiger charge is -2.41. The Labute approximate surface area is 180 Å². The van der Waals surface area contributed by atoms with E-state index in [0.29, 0.717) is 11.1 Å². The SMILES string of the molecule is O=C(C=Cc1ccccc1Cl)N1CCC(N2CCC(Oc3nccs3)CC2)CC1. The number of carbonyl (C=O) groups excluding carboxylic acids is 1. The molecule has 0 N–H and O–H groups in total. The van der Waals surface area contributed by atoms with Crippen molar-refractivity contribution in [2.45, 2.75) is 37.8 Å². The predicted octanol–water partition coefficient (Wildman–Crippen LogP) is 4.34. The molecule has 154 valence electrons. The summed E-state index contributed by atoms with van der Waals surface area (Å²) in [7, 11) is 0. The van der Waals surface area contributed by atoms with Gasteiger partial charge in [-0.05, 0) is 43.4 Å². The van der Waals surface area contributed by atoms with Crippen molar-refractivity contribution in [1.82, 2.24) is 14.8 Å². The van der Waals surface area contributed by atoms with E-state index in [1.54, 1.807) is 23.6 Å². The molecule has 7 heteroatoms. The first kappa shape index (κ1) is 20.4. The predicted molar refractivity (Wildman–Crippen MR) is 117 cm³/mol. The van der Waals surface area contributed by atoms with Crippen molar-refractivity contribution < 1.29 is 9.53 Å². The summed E-state index contributed by atoms with van der Waals surface area (Å²) in [6.07, 6.45) is 9.65. The molecular weight excluding hydrogens is 406 g/mol. The van der Waals surface area contributed by atoms with E-state index in [-0.39, 0.29) is 12.0 Å². The monoisotopic (exact) mass is 431 g/mol. The van der Waals surface area contributed by atoms with Crippen LogP contribution in [0.3, 0.4) is 0 Å². The van der Waals surface area contributed by atoms with Crippen LogP contribution in [0.1, 0.15) is 31.2 Å². The minimum Gasteiger partial charge on any atom is -0.467 e. The molecule has 5 nitrogen and oxygen atoms in total. The van der Waals surface area contributed by atoms with Gasteiger partial charge in [-0.2, -0.15) is 0 Å². The summed E-state index contributed by atoms with van der Waals surface area (Å²) >= 11 is 7.71. The van der Waals surface area contributed by atoms with Crippen molar-refractivity contribution in [3.05, 3.63) is 52.5 Å². The number of amides is 1. The van der Waals surface area contributed by atoms with Crippen LogP contribution in [-0.4, -0.2) is 59.0 Å². The molecule has 0 radical (unpaired) electrons. The zero-order chi connectivity index (χ0) is 20.1. The van der Waals surface area contributed by atoms with Crippen LogP contribution in [-0.2, 0) is 4.79 Å². The third-order valence-corrected chi connectivity index (χ3v) is 6.76. The number of hydrogen-bond donors (Lipinski definition) is 0. The van der Waals surface area contributed by atoms with Gasteiger partial charge in [-0.15, -0.1) is 0 Å². The van der Waals surface area contributed by atoms with E-state index in [4.69, 9.17) is 16.3 Å². The first-order chi connectivity index (χ1) is 14.2. The number of aromatic nitrogens is 1. The van der Waals surface area contributed by atoms with Gasteiger partial charge >= 0.3 is 0 Å². The molecule has 2 aromatic rings. The van der Waals surface area contributed by atoms with Gasteiger partial charge in [0.05, 0.1) is 0 Å². The van der Waals surface area contributed by atoms with Crippen LogP contribution in [0.15, 0.2) is 41.9 Å². The third kappa shape index (κ3) is 5.38. The quantitative estimate of drug-likeness (QED) is 0.660. The number of thiazole rings is 1. The van der Waals surface area contributed by atoms with E-state index >= 15 is 0 Å². The van der Waals surface area contributed by atoms with Gasteiger partial charge in [0.1, 0.15) is 6.10 Å². The number of nitrogens with zero attached hydrogens (tertiary/aromatic N) is 3. The van der Waals surface area contributed by atoms with Gasteiger partial charge in [0.15, 0.2) is 0 Å². The van der Waals surface area contributed by atoms with E-state index in [1.165, 1.54) is 0 Å². The molecule has 2 aliphatic rings. The van der Waals surface area contributed by atoms with Gasteiger partial charge < -0.3 is 9.64 Å². The lowest BCUT2D eigenvalue weighted by molar-refractivity contribution is -0.127. The van der Waals surface area contributed by atoms with Crippen LogP contribution >= 0.6 is 22.9 Å². The maximum atomic E-state index is 12.5. The van der Waals surface area contributed by atoms with Gasteiger partial charge in [0, 0.05) is 54.9 Å². The summed E-state index contributed by atoms with van der Waals surface area (Å²) in [5.74, 6) is 0.0684. The number of rotatable bonds is 5. The van der Waals surface area contributed by atoms with Gasteiger partial charge in [0.2, 0.25) is 5.91 Å². The van der Waals surface area contributed by atoms with Crippen molar-refractivity contribution in [1.29, 1.82) is 0 Å². The Hall–Kier alpha value is -1.89. The van der Waals surface area contributed by atoms with Crippen LogP contribution in [0.5, 0.6) is 5.19 Å². The zero-order valence-electron chi connectivity index (χ0n) is 16.4. The van der Waals surface area contributed by atoms with E-state index in [1.807, 2.05) is 40.6 Å². The number of hydrogen-bond acceptors (Lipinski definition) is 5. The van der Waals surface area contributed by atoms with Gasteiger partial charge in [-0.3, -0.25) is 9.69 Å². The Kier molecular flexibility index (Phi) is 6.85. The Morgan fingerprint density at radius 2 is 1.90 bits per heavy atom. The summed E-state index contributed by atoms with van der Waals surface area (Å²) < 4.78 is 5.96. The number of carbonyl (C=O) groups is 1. The van der Waals surface area contributed by atoms with Crippen LogP contribution < -0.4 is 4.74 Å². The molecule has 0 aliphatic carbocycles. The lowest BCUT2D eigenvalue weighted by atomic mass is 9.99. The highest BCUT2D eigenvalue weighted by molar-refractivity contribution is 7.11. The third-order valence-electron chi connectivity index (χ3n) is 5.76. The molecule has 1 amide bonds. The molecule has 2 fully saturated rings. The average Bonchev–Trinajstić information content (AvgIpc) is 3.27. The second kappa shape index (κ2) is 9.74. The molecule has 1 aromatic carbocycles. The van der Waals surface area contributed by atoms with Crippen LogP contribution in [0.25, 0.3) is 6.08 Å². The van der Waals surface area contributed by atoms with Crippen molar-refractivity contribution in [2.24, 2.45) is 0 Å². The van der Waals surface area contributed by atoms with Crippen LogP contribution in [0.2, 0.25) is 5.02 Å². The number of halogens is 1. The first-order valence-electron chi connectivity index (χ1n) is 10.2. The van der Waals surface area contributed by atoms with Crippen molar-refractivity contribution in [2.75, 3.05) is 26.2 Å². The van der Waals surface area contributed by atoms with Gasteiger partial charge in [-0.1, -0.05) is 41.1 Å². The van der Waals surface area contributed by atoms with Crippen molar-refractivity contribution in [3.8, 4) is 5.19 Å². The molecule has 0 saturated carbocycles. The largest absolute Gasteiger partial charge is 0.467 e. The Morgan fingerprint density at radius 1 is 1.14 bits per heavy atom. The molecule has 4 rings (SSSR count).